The van der Waals surface area contributed by atoms with Crippen LogP contribution in [-0.4, -0.2) is 17.8 Å². The van der Waals surface area contributed by atoms with E-state index in [9.17, 15) is 0 Å². The van der Waals surface area contributed by atoms with E-state index in [2.05, 4.69) is 17.1 Å². The molecule has 1 aromatic heterocycles. The molecule has 122 valence electrons. The second kappa shape index (κ2) is 6.73. The summed E-state index contributed by atoms with van der Waals surface area (Å²) in [5, 5.41) is 2.21. The molecule has 0 N–H and O–H groups in total. The van der Waals surface area contributed by atoms with Gasteiger partial charge in [0.2, 0.25) is 0 Å². The van der Waals surface area contributed by atoms with Crippen LogP contribution in [-0.2, 0) is 0 Å². The van der Waals surface area contributed by atoms with Gasteiger partial charge in [-0.05, 0) is 43.3 Å². The van der Waals surface area contributed by atoms with Crippen molar-refractivity contribution < 1.29 is 4.74 Å². The lowest BCUT2D eigenvalue weighted by molar-refractivity contribution is 0.340. The van der Waals surface area contributed by atoms with Gasteiger partial charge in [-0.3, -0.25) is 4.99 Å². The summed E-state index contributed by atoms with van der Waals surface area (Å²) >= 11 is 0. The maximum absolute atomic E-state index is 5.48. The van der Waals surface area contributed by atoms with Gasteiger partial charge in [0, 0.05) is 22.6 Å². The first-order valence-corrected chi connectivity index (χ1v) is 8.39. The summed E-state index contributed by atoms with van der Waals surface area (Å²) in [7, 11) is 0. The molecule has 4 rings (SSSR count). The molecule has 25 heavy (non-hydrogen) atoms. The summed E-state index contributed by atoms with van der Waals surface area (Å²) < 4.78 is 5.48. The van der Waals surface area contributed by atoms with Crippen LogP contribution in [0.3, 0.4) is 0 Å². The highest BCUT2D eigenvalue weighted by Gasteiger charge is 2.06. The summed E-state index contributed by atoms with van der Waals surface area (Å²) in [5.74, 6) is 0.862. The van der Waals surface area contributed by atoms with E-state index in [1.807, 2.05) is 73.8 Å². The smallest absolute Gasteiger partial charge is 0.119 e. The molecule has 0 unspecified atom stereocenters. The highest BCUT2D eigenvalue weighted by molar-refractivity contribution is 6.11. The molecule has 3 heteroatoms. The van der Waals surface area contributed by atoms with E-state index in [1.54, 1.807) is 0 Å². The summed E-state index contributed by atoms with van der Waals surface area (Å²) in [5.41, 5.74) is 3.95. The van der Waals surface area contributed by atoms with Gasteiger partial charge in [0.1, 0.15) is 5.75 Å². The maximum atomic E-state index is 5.48. The minimum absolute atomic E-state index is 0.664. The van der Waals surface area contributed by atoms with E-state index in [1.165, 1.54) is 0 Å². The summed E-state index contributed by atoms with van der Waals surface area (Å²) in [4.78, 5) is 9.42. The van der Waals surface area contributed by atoms with Crippen LogP contribution in [0, 0.1) is 0 Å². The van der Waals surface area contributed by atoms with Gasteiger partial charge in [-0.25, -0.2) is 4.98 Å². The van der Waals surface area contributed by atoms with Crippen molar-refractivity contribution in [1.29, 1.82) is 0 Å². The SMILES string of the molecule is CCOc1ccc(N=Cc2c3ccccc3nc3ccccc23)cc1. The molecule has 0 bridgehead atoms. The lowest BCUT2D eigenvalue weighted by Gasteiger charge is -2.07. The number of pyridine rings is 1. The van der Waals surface area contributed by atoms with Gasteiger partial charge in [-0.15, -0.1) is 0 Å². The molecule has 0 radical (unpaired) electrons. The Balaban J connectivity index is 1.81. The number of benzene rings is 3. The lowest BCUT2D eigenvalue weighted by Crippen LogP contribution is -1.91. The molecule has 0 aliphatic heterocycles. The second-order valence-corrected chi connectivity index (χ2v) is 5.74. The molecule has 0 spiro atoms. The summed E-state index contributed by atoms with van der Waals surface area (Å²) in [6, 6.07) is 24.2. The van der Waals surface area contributed by atoms with Crippen molar-refractivity contribution in [2.75, 3.05) is 6.61 Å². The average molecular weight is 326 g/mol. The fourth-order valence-electron chi connectivity index (χ4n) is 2.95. The van der Waals surface area contributed by atoms with Crippen molar-refractivity contribution in [3.63, 3.8) is 0 Å². The molecule has 0 aliphatic rings. The number of ether oxygens (including phenoxy) is 1. The quantitative estimate of drug-likeness (QED) is 0.364. The first kappa shape index (κ1) is 15.3. The van der Waals surface area contributed by atoms with Crippen molar-refractivity contribution in [1.82, 2.24) is 4.98 Å². The third-order valence-corrected chi connectivity index (χ3v) is 4.12. The Hall–Kier alpha value is -3.20. The van der Waals surface area contributed by atoms with Crippen LogP contribution in [0.4, 0.5) is 5.69 Å². The van der Waals surface area contributed by atoms with E-state index >= 15 is 0 Å². The zero-order valence-corrected chi connectivity index (χ0v) is 14.0. The van der Waals surface area contributed by atoms with Crippen molar-refractivity contribution in [3.8, 4) is 5.75 Å². The minimum Gasteiger partial charge on any atom is -0.494 e. The van der Waals surface area contributed by atoms with Crippen LogP contribution in [0.15, 0.2) is 77.8 Å². The topological polar surface area (TPSA) is 34.5 Å². The monoisotopic (exact) mass is 326 g/mol. The molecular weight excluding hydrogens is 308 g/mol. The highest BCUT2D eigenvalue weighted by atomic mass is 16.5. The summed E-state index contributed by atoms with van der Waals surface area (Å²) in [6.07, 6.45) is 1.93. The van der Waals surface area contributed by atoms with Gasteiger partial charge >= 0.3 is 0 Å². The van der Waals surface area contributed by atoms with E-state index in [0.29, 0.717) is 6.61 Å². The zero-order valence-electron chi connectivity index (χ0n) is 14.0. The molecule has 0 atom stereocenters. The van der Waals surface area contributed by atoms with Crippen LogP contribution in [0.25, 0.3) is 21.8 Å². The fourth-order valence-corrected chi connectivity index (χ4v) is 2.95. The number of aliphatic imine (C=N–C) groups is 1. The standard InChI is InChI=1S/C22H18N2O/c1-2-25-17-13-11-16(12-14-17)23-15-20-18-7-3-5-9-21(18)24-22-10-6-4-8-19(20)22/h3-15H,2H2,1H3. The Kier molecular flexibility index (Phi) is 4.13. The Morgan fingerprint density at radius 2 is 1.44 bits per heavy atom. The third-order valence-electron chi connectivity index (χ3n) is 4.12. The Labute approximate surface area is 146 Å². The third kappa shape index (κ3) is 3.09. The number of para-hydroxylation sites is 2. The van der Waals surface area contributed by atoms with Crippen LogP contribution in [0.1, 0.15) is 12.5 Å². The van der Waals surface area contributed by atoms with Crippen molar-refractivity contribution >= 4 is 33.7 Å². The van der Waals surface area contributed by atoms with Gasteiger partial charge < -0.3 is 4.74 Å². The fraction of sp³-hybridized carbons (Fsp3) is 0.0909. The maximum Gasteiger partial charge on any atom is 0.119 e. The van der Waals surface area contributed by atoms with Gasteiger partial charge in [0.25, 0.3) is 0 Å². The molecular formula is C22H18N2O. The number of rotatable bonds is 4. The molecule has 3 nitrogen and oxygen atoms in total. The number of fused-ring (bicyclic) bond motifs is 2. The lowest BCUT2D eigenvalue weighted by atomic mass is 10.0. The zero-order chi connectivity index (χ0) is 17.1. The molecule has 0 saturated carbocycles. The first-order chi connectivity index (χ1) is 12.3. The van der Waals surface area contributed by atoms with Gasteiger partial charge in [-0.2, -0.15) is 0 Å². The number of nitrogens with zero attached hydrogens (tertiary/aromatic N) is 2. The Morgan fingerprint density at radius 1 is 0.840 bits per heavy atom. The van der Waals surface area contributed by atoms with Crippen LogP contribution >= 0.6 is 0 Å². The largest absolute Gasteiger partial charge is 0.494 e. The molecule has 0 amide bonds. The molecule has 4 aromatic rings. The number of hydrogen-bond acceptors (Lipinski definition) is 3. The first-order valence-electron chi connectivity index (χ1n) is 8.39. The van der Waals surface area contributed by atoms with Crippen molar-refractivity contribution in [3.05, 3.63) is 78.4 Å². The van der Waals surface area contributed by atoms with Gasteiger partial charge in [0.05, 0.1) is 23.3 Å². The summed E-state index contributed by atoms with van der Waals surface area (Å²) in [6.45, 7) is 2.64. The number of hydrogen-bond donors (Lipinski definition) is 0. The second-order valence-electron chi connectivity index (χ2n) is 5.74. The highest BCUT2D eigenvalue weighted by Crippen LogP contribution is 2.25. The average Bonchev–Trinajstić information content (AvgIpc) is 2.66. The molecule has 0 fully saturated rings. The van der Waals surface area contributed by atoms with E-state index < -0.39 is 0 Å². The van der Waals surface area contributed by atoms with Crippen LogP contribution < -0.4 is 4.74 Å². The predicted molar refractivity (Wildman–Crippen MR) is 104 cm³/mol. The van der Waals surface area contributed by atoms with Gasteiger partial charge in [-0.1, -0.05) is 36.4 Å². The van der Waals surface area contributed by atoms with E-state index in [4.69, 9.17) is 9.72 Å². The molecule has 0 aliphatic carbocycles. The molecule has 1 heterocycles. The number of aromatic nitrogens is 1. The normalized spacial score (nSPS) is 11.4. The van der Waals surface area contributed by atoms with Crippen LogP contribution in [0.5, 0.6) is 5.75 Å². The van der Waals surface area contributed by atoms with Crippen molar-refractivity contribution in [2.45, 2.75) is 6.92 Å². The Morgan fingerprint density at radius 3 is 2.04 bits per heavy atom. The van der Waals surface area contributed by atoms with Gasteiger partial charge in [0.15, 0.2) is 0 Å². The molecule has 0 saturated heterocycles. The minimum atomic E-state index is 0.664. The van der Waals surface area contributed by atoms with Crippen molar-refractivity contribution in [2.24, 2.45) is 4.99 Å². The Bertz CT molecular complexity index is 998. The predicted octanol–water partition coefficient (Wildman–Crippen LogP) is 5.54. The van der Waals surface area contributed by atoms with E-state index in [-0.39, 0.29) is 0 Å². The van der Waals surface area contributed by atoms with Crippen LogP contribution in [0.2, 0.25) is 0 Å². The molecule has 3 aromatic carbocycles. The van der Waals surface area contributed by atoms with E-state index in [0.717, 1.165) is 38.8 Å².